The predicted molar refractivity (Wildman–Crippen MR) is 166 cm³/mol. The number of aromatic nitrogens is 3. The number of benzene rings is 1. The first-order chi connectivity index (χ1) is 19.2. The Morgan fingerprint density at radius 1 is 1.10 bits per heavy atom. The molecule has 2 N–H and O–H groups in total. The van der Waals surface area contributed by atoms with E-state index in [0.29, 0.717) is 25.5 Å². The van der Waals surface area contributed by atoms with E-state index in [0.717, 1.165) is 110 Å². The van der Waals surface area contributed by atoms with E-state index in [1.54, 1.807) is 6.92 Å². The van der Waals surface area contributed by atoms with Crippen molar-refractivity contribution in [2.24, 2.45) is 0 Å². The van der Waals surface area contributed by atoms with Crippen LogP contribution in [0.2, 0.25) is 0 Å². The molecule has 0 aliphatic carbocycles. The van der Waals surface area contributed by atoms with Crippen molar-refractivity contribution < 1.29 is 9.53 Å². The van der Waals surface area contributed by atoms with Gasteiger partial charge in [0.25, 0.3) is 0 Å². The van der Waals surface area contributed by atoms with Gasteiger partial charge in [-0.25, -0.2) is 9.97 Å². The fourth-order valence-corrected chi connectivity index (χ4v) is 5.69. The van der Waals surface area contributed by atoms with Gasteiger partial charge in [-0.05, 0) is 52.9 Å². The lowest BCUT2D eigenvalue weighted by molar-refractivity contribution is -0.118. The van der Waals surface area contributed by atoms with Crippen molar-refractivity contribution in [3.8, 4) is 0 Å². The van der Waals surface area contributed by atoms with Gasteiger partial charge in [-0.1, -0.05) is 13.3 Å². The molecule has 1 fully saturated rings. The average Bonchev–Trinajstić information content (AvgIpc) is 3.29. The van der Waals surface area contributed by atoms with Crippen LogP contribution in [-0.2, 0) is 22.5 Å². The summed E-state index contributed by atoms with van der Waals surface area (Å²) in [6.45, 7) is 12.1. The molecule has 1 aromatic carbocycles. The van der Waals surface area contributed by atoms with E-state index < -0.39 is 0 Å². The van der Waals surface area contributed by atoms with Gasteiger partial charge in [0.1, 0.15) is 22.8 Å². The van der Waals surface area contributed by atoms with E-state index in [2.05, 4.69) is 60.6 Å². The number of piperazine rings is 1. The summed E-state index contributed by atoms with van der Waals surface area (Å²) in [5.41, 5.74) is 10.7. The lowest BCUT2D eigenvalue weighted by Crippen LogP contribution is -2.58. The molecular weight excluding hydrogens is 502 g/mol. The number of nitrogen functional groups attached to an aromatic ring is 1. The Hall–Kier alpha value is -2.59. The zero-order valence-electron chi connectivity index (χ0n) is 25.4. The maximum Gasteiger partial charge on any atom is 0.152 e. The Morgan fingerprint density at radius 2 is 1.88 bits per heavy atom. The number of imidazole rings is 1. The fraction of sp³-hybridized carbons (Fsp3) is 0.645. The Kier molecular flexibility index (Phi) is 10.5. The molecule has 0 radical (unpaired) electrons. The Morgan fingerprint density at radius 3 is 2.58 bits per heavy atom. The van der Waals surface area contributed by atoms with E-state index in [1.807, 2.05) is 0 Å². The zero-order chi connectivity index (χ0) is 28.7. The summed E-state index contributed by atoms with van der Waals surface area (Å²) in [7, 11) is 6.61. The van der Waals surface area contributed by atoms with Crippen LogP contribution in [-0.4, -0.2) is 104 Å². The standard InChI is InChI=1S/C31H50N7O2/c1-6-7-10-28-34-29-30(37(28)15-9-8-14-35(3)4)26-23-25(11-12-27(26)33-31(29)32)38(5)19-16-36(17-20-38)18-22-40-21-13-24(2)39/h11-12,23H,6-10,13-22H2,1-5H3,(H2,32,33)/q+1. The number of hydrogen-bond donors (Lipinski definition) is 1. The quantitative estimate of drug-likeness (QED) is 0.224. The van der Waals surface area contributed by atoms with Crippen molar-refractivity contribution in [2.45, 2.75) is 58.9 Å². The zero-order valence-corrected chi connectivity index (χ0v) is 25.4. The smallest absolute Gasteiger partial charge is 0.152 e. The molecule has 0 unspecified atom stereocenters. The van der Waals surface area contributed by atoms with Gasteiger partial charge in [-0.2, -0.15) is 0 Å². The number of fused-ring (bicyclic) bond motifs is 3. The largest absolute Gasteiger partial charge is 0.382 e. The third-order valence-corrected chi connectivity index (χ3v) is 8.35. The normalized spacial score (nSPS) is 15.9. The second-order valence-electron chi connectivity index (χ2n) is 11.9. The summed E-state index contributed by atoms with van der Waals surface area (Å²) in [6, 6.07) is 6.73. The highest BCUT2D eigenvalue weighted by Crippen LogP contribution is 2.34. The minimum absolute atomic E-state index is 0.182. The van der Waals surface area contributed by atoms with Crippen LogP contribution in [0, 0.1) is 0 Å². The molecule has 220 valence electrons. The van der Waals surface area contributed by atoms with Crippen molar-refractivity contribution in [1.29, 1.82) is 0 Å². The van der Waals surface area contributed by atoms with Crippen LogP contribution in [0.1, 0.15) is 51.8 Å². The van der Waals surface area contributed by atoms with E-state index in [1.165, 1.54) is 5.69 Å². The molecule has 9 heteroatoms. The number of pyridine rings is 1. The van der Waals surface area contributed by atoms with Crippen LogP contribution in [0.3, 0.4) is 0 Å². The maximum absolute atomic E-state index is 11.1. The van der Waals surface area contributed by atoms with E-state index >= 15 is 0 Å². The number of hydrogen-bond acceptors (Lipinski definition) is 7. The number of rotatable bonds is 15. The Bertz CT molecular complexity index is 1280. The van der Waals surface area contributed by atoms with Gasteiger partial charge in [-0.15, -0.1) is 0 Å². The number of aryl methyl sites for hydroxylation is 2. The molecule has 0 spiro atoms. The lowest BCUT2D eigenvalue weighted by Gasteiger charge is -2.41. The molecule has 2 aromatic heterocycles. The number of carbonyl (C=O) groups is 1. The minimum Gasteiger partial charge on any atom is -0.382 e. The van der Waals surface area contributed by atoms with Crippen molar-refractivity contribution in [2.75, 3.05) is 79.4 Å². The molecule has 3 heterocycles. The van der Waals surface area contributed by atoms with Crippen LogP contribution < -0.4 is 10.2 Å². The number of ketones is 1. The Labute approximate surface area is 239 Å². The third kappa shape index (κ3) is 7.37. The SMILES string of the molecule is CCCCc1nc2c(N)nc3ccc([N+]4(C)CCN(CCOCCC(C)=O)CC4)cc3c2n1CCCCN(C)C. The lowest BCUT2D eigenvalue weighted by atomic mass is 10.1. The van der Waals surface area contributed by atoms with Crippen LogP contribution in [0.25, 0.3) is 21.9 Å². The summed E-state index contributed by atoms with van der Waals surface area (Å²) < 4.78 is 9.00. The number of carbonyl (C=O) groups excluding carboxylic acids is 1. The average molecular weight is 553 g/mol. The molecule has 0 amide bonds. The molecule has 1 aliphatic heterocycles. The first kappa shape index (κ1) is 30.4. The summed E-state index contributed by atoms with van der Waals surface area (Å²) in [4.78, 5) is 25.7. The number of ether oxygens (including phenoxy) is 1. The van der Waals surface area contributed by atoms with E-state index in [-0.39, 0.29) is 5.78 Å². The Balaban J connectivity index is 1.57. The number of quaternary nitrogens is 1. The molecule has 3 aromatic rings. The summed E-state index contributed by atoms with van der Waals surface area (Å²) >= 11 is 0. The number of likely N-dealkylation sites (N-methyl/N-ethyl adjacent to an activating group) is 1. The molecule has 0 saturated carbocycles. The monoisotopic (exact) mass is 552 g/mol. The number of nitrogens with zero attached hydrogens (tertiary/aromatic N) is 6. The number of unbranched alkanes of at least 4 members (excludes halogenated alkanes) is 2. The summed E-state index contributed by atoms with van der Waals surface area (Å²) in [6.07, 6.45) is 5.97. The van der Waals surface area contributed by atoms with Crippen LogP contribution in [0.5, 0.6) is 0 Å². The van der Waals surface area contributed by atoms with Crippen LogP contribution >= 0.6 is 0 Å². The van der Waals surface area contributed by atoms with Gasteiger partial charge in [0.2, 0.25) is 0 Å². The summed E-state index contributed by atoms with van der Waals surface area (Å²) in [5.74, 6) is 1.84. The summed E-state index contributed by atoms with van der Waals surface area (Å²) in [5, 5.41) is 1.16. The fourth-order valence-electron chi connectivity index (χ4n) is 5.69. The van der Waals surface area contributed by atoms with Crippen LogP contribution in [0.15, 0.2) is 18.2 Å². The minimum atomic E-state index is 0.182. The van der Waals surface area contributed by atoms with Gasteiger partial charge < -0.3 is 19.9 Å². The number of nitrogens with two attached hydrogens (primary N) is 1. The van der Waals surface area contributed by atoms with Gasteiger partial charge >= 0.3 is 0 Å². The molecule has 1 saturated heterocycles. The van der Waals surface area contributed by atoms with Crippen molar-refractivity contribution in [3.63, 3.8) is 0 Å². The van der Waals surface area contributed by atoms with Crippen molar-refractivity contribution in [1.82, 2.24) is 28.8 Å². The van der Waals surface area contributed by atoms with Crippen LogP contribution in [0.4, 0.5) is 11.5 Å². The van der Waals surface area contributed by atoms with Gasteiger partial charge in [0, 0.05) is 56.5 Å². The van der Waals surface area contributed by atoms with Gasteiger partial charge in [-0.3, -0.25) is 14.2 Å². The molecule has 9 nitrogen and oxygen atoms in total. The highest BCUT2D eigenvalue weighted by Gasteiger charge is 2.31. The number of Topliss-reactive ketones (excluding diaryl/α,β-unsaturated/α-hetero) is 1. The van der Waals surface area contributed by atoms with E-state index in [4.69, 9.17) is 20.4 Å². The molecular formula is C31H50N7O2+. The first-order valence-electron chi connectivity index (χ1n) is 15.1. The second kappa shape index (κ2) is 13.9. The maximum atomic E-state index is 11.1. The topological polar surface area (TPSA) is 89.5 Å². The van der Waals surface area contributed by atoms with E-state index in [9.17, 15) is 4.79 Å². The molecule has 1 aliphatic rings. The molecule has 0 bridgehead atoms. The van der Waals surface area contributed by atoms with Crippen molar-refractivity contribution in [3.05, 3.63) is 24.0 Å². The first-order valence-corrected chi connectivity index (χ1v) is 15.1. The molecule has 0 atom stereocenters. The van der Waals surface area contributed by atoms with Gasteiger partial charge in [0.05, 0.1) is 44.4 Å². The molecule has 40 heavy (non-hydrogen) atoms. The molecule has 4 rings (SSSR count). The highest BCUT2D eigenvalue weighted by molar-refractivity contribution is 6.07. The van der Waals surface area contributed by atoms with Gasteiger partial charge in [0.15, 0.2) is 5.82 Å². The van der Waals surface area contributed by atoms with Crippen molar-refractivity contribution >= 4 is 39.2 Å². The predicted octanol–water partition coefficient (Wildman–Crippen LogP) is 4.10. The number of anilines is 1. The second-order valence-corrected chi connectivity index (χ2v) is 11.9. The third-order valence-electron chi connectivity index (χ3n) is 8.35. The highest BCUT2D eigenvalue weighted by atomic mass is 16.5.